The molecule has 0 spiro atoms. The van der Waals surface area contributed by atoms with Crippen molar-refractivity contribution in [3.63, 3.8) is 0 Å². The molecule has 0 saturated carbocycles. The Hall–Kier alpha value is -1.39. The zero-order chi connectivity index (χ0) is 12.3. The van der Waals surface area contributed by atoms with Crippen LogP contribution in [0.2, 0.25) is 0 Å². The molecule has 1 aromatic rings. The van der Waals surface area contributed by atoms with Crippen LogP contribution in [0.4, 0.5) is 0 Å². The largest absolute Gasteiger partial charge is 0.455 e. The van der Waals surface area contributed by atoms with Gasteiger partial charge in [0.25, 0.3) is 0 Å². The summed E-state index contributed by atoms with van der Waals surface area (Å²) in [6.07, 6.45) is 0.531. The number of esters is 1. The molecule has 1 heterocycles. The lowest BCUT2D eigenvalue weighted by molar-refractivity contribution is 0.00169. The van der Waals surface area contributed by atoms with Crippen LogP contribution in [0.1, 0.15) is 23.7 Å². The first-order valence-corrected chi connectivity index (χ1v) is 5.85. The topological polar surface area (TPSA) is 64.3 Å². The average molecular weight is 234 g/mol. The molecule has 4 nitrogen and oxygen atoms in total. The number of nitrogens with one attached hydrogen (secondary N) is 1. The van der Waals surface area contributed by atoms with Gasteiger partial charge in [-0.2, -0.15) is 0 Å². The van der Waals surface area contributed by atoms with E-state index in [1.165, 1.54) is 0 Å². The minimum absolute atomic E-state index is 0.274. The minimum Gasteiger partial charge on any atom is -0.455 e. The summed E-state index contributed by atoms with van der Waals surface area (Å²) in [5.41, 5.74) is 6.25. The van der Waals surface area contributed by atoms with Gasteiger partial charge in [-0.05, 0) is 32.0 Å². The number of benzene rings is 1. The summed E-state index contributed by atoms with van der Waals surface area (Å²) in [5.74, 6) is -0.309. The Balaban J connectivity index is 2.03. The van der Waals surface area contributed by atoms with E-state index in [1.807, 2.05) is 25.1 Å². The molecule has 0 aromatic heterocycles. The molecular formula is C13H18N2O2. The van der Waals surface area contributed by atoms with Crippen molar-refractivity contribution in [1.29, 1.82) is 0 Å². The van der Waals surface area contributed by atoms with Gasteiger partial charge in [0.2, 0.25) is 0 Å². The molecular weight excluding hydrogens is 216 g/mol. The Bertz CT molecular complexity index is 390. The van der Waals surface area contributed by atoms with E-state index >= 15 is 0 Å². The quantitative estimate of drug-likeness (QED) is 0.747. The average Bonchev–Trinajstić information content (AvgIpc) is 2.33. The third-order valence-corrected chi connectivity index (χ3v) is 3.16. The van der Waals surface area contributed by atoms with Crippen molar-refractivity contribution in [2.45, 2.75) is 25.0 Å². The van der Waals surface area contributed by atoms with E-state index in [9.17, 15) is 4.79 Å². The highest BCUT2D eigenvalue weighted by molar-refractivity contribution is 5.89. The molecule has 1 saturated heterocycles. The van der Waals surface area contributed by atoms with Gasteiger partial charge in [0.05, 0.1) is 11.1 Å². The van der Waals surface area contributed by atoms with E-state index in [0.717, 1.165) is 13.0 Å². The van der Waals surface area contributed by atoms with Crippen LogP contribution in [0.15, 0.2) is 30.3 Å². The number of hydrogen-bond acceptors (Lipinski definition) is 4. The minimum atomic E-state index is -0.449. The van der Waals surface area contributed by atoms with E-state index in [0.29, 0.717) is 12.1 Å². The molecule has 1 fully saturated rings. The van der Waals surface area contributed by atoms with Gasteiger partial charge in [-0.25, -0.2) is 4.79 Å². The smallest absolute Gasteiger partial charge is 0.338 e. The number of rotatable bonds is 2. The van der Waals surface area contributed by atoms with Crippen LogP contribution in [-0.4, -0.2) is 30.7 Å². The highest BCUT2D eigenvalue weighted by atomic mass is 16.5. The second-order valence-corrected chi connectivity index (χ2v) is 4.72. The molecule has 2 rings (SSSR count). The van der Waals surface area contributed by atoms with Crippen molar-refractivity contribution in [3.8, 4) is 0 Å². The zero-order valence-electron chi connectivity index (χ0n) is 9.98. The predicted octanol–water partition coefficient (Wildman–Crippen LogP) is 0.923. The van der Waals surface area contributed by atoms with Crippen LogP contribution in [-0.2, 0) is 4.74 Å². The second kappa shape index (κ2) is 4.85. The molecule has 0 radical (unpaired) electrons. The third-order valence-electron chi connectivity index (χ3n) is 3.16. The first-order valence-electron chi connectivity index (χ1n) is 5.85. The van der Waals surface area contributed by atoms with Gasteiger partial charge >= 0.3 is 5.97 Å². The summed E-state index contributed by atoms with van der Waals surface area (Å²) in [7, 11) is 0. The van der Waals surface area contributed by atoms with E-state index < -0.39 is 5.54 Å². The highest BCUT2D eigenvalue weighted by Gasteiger charge is 2.35. The van der Waals surface area contributed by atoms with Gasteiger partial charge in [0, 0.05) is 6.54 Å². The van der Waals surface area contributed by atoms with Crippen LogP contribution >= 0.6 is 0 Å². The van der Waals surface area contributed by atoms with Crippen LogP contribution in [0, 0.1) is 0 Å². The van der Waals surface area contributed by atoms with Crippen LogP contribution in [0.25, 0.3) is 0 Å². The van der Waals surface area contributed by atoms with Gasteiger partial charge in [-0.3, -0.25) is 0 Å². The molecule has 2 atom stereocenters. The lowest BCUT2D eigenvalue weighted by Crippen LogP contribution is -2.59. The number of piperidine rings is 1. The van der Waals surface area contributed by atoms with Crippen LogP contribution < -0.4 is 11.1 Å². The van der Waals surface area contributed by atoms with Crippen molar-refractivity contribution < 1.29 is 9.53 Å². The Labute approximate surface area is 101 Å². The van der Waals surface area contributed by atoms with Crippen molar-refractivity contribution in [1.82, 2.24) is 5.32 Å². The maximum absolute atomic E-state index is 11.9. The molecule has 92 valence electrons. The van der Waals surface area contributed by atoms with Gasteiger partial charge in [0.1, 0.15) is 6.10 Å². The Kier molecular flexibility index (Phi) is 3.45. The summed E-state index contributed by atoms with van der Waals surface area (Å²) in [5, 5.41) is 3.19. The van der Waals surface area contributed by atoms with Gasteiger partial charge in [-0.1, -0.05) is 18.2 Å². The normalized spacial score (nSPS) is 28.7. The number of carbonyl (C=O) groups excluding carboxylic acids is 1. The van der Waals surface area contributed by atoms with Crippen LogP contribution in [0.3, 0.4) is 0 Å². The maximum Gasteiger partial charge on any atom is 0.338 e. The molecule has 1 aliphatic rings. The monoisotopic (exact) mass is 234 g/mol. The summed E-state index contributed by atoms with van der Waals surface area (Å²) in [6, 6.07) is 8.99. The summed E-state index contributed by atoms with van der Waals surface area (Å²) in [6.45, 7) is 3.41. The summed E-state index contributed by atoms with van der Waals surface area (Å²) < 4.78 is 5.47. The first-order chi connectivity index (χ1) is 8.09. The maximum atomic E-state index is 11.9. The van der Waals surface area contributed by atoms with E-state index in [-0.39, 0.29) is 12.1 Å². The van der Waals surface area contributed by atoms with Crippen molar-refractivity contribution in [3.05, 3.63) is 35.9 Å². The van der Waals surface area contributed by atoms with Gasteiger partial charge in [0.15, 0.2) is 0 Å². The SMILES string of the molecule is C[C@@]1(N)CCNC[C@@H]1OC(=O)c1ccccc1. The number of hydrogen-bond donors (Lipinski definition) is 2. The molecule has 0 aliphatic carbocycles. The standard InChI is InChI=1S/C13H18N2O2/c1-13(14)7-8-15-9-11(13)17-12(16)10-5-3-2-4-6-10/h2-6,11,15H,7-9,14H2,1H3/t11-,13+/m0/s1. The summed E-state index contributed by atoms with van der Waals surface area (Å²) >= 11 is 0. The Morgan fingerprint density at radius 2 is 2.18 bits per heavy atom. The molecule has 0 bridgehead atoms. The van der Waals surface area contributed by atoms with Crippen LogP contribution in [0.5, 0.6) is 0 Å². The second-order valence-electron chi connectivity index (χ2n) is 4.72. The fourth-order valence-corrected chi connectivity index (χ4v) is 1.93. The van der Waals surface area contributed by atoms with Crippen molar-refractivity contribution >= 4 is 5.97 Å². The molecule has 0 amide bonds. The lowest BCUT2D eigenvalue weighted by Gasteiger charge is -2.37. The van der Waals surface area contributed by atoms with Crippen molar-refractivity contribution in [2.75, 3.05) is 13.1 Å². The highest BCUT2D eigenvalue weighted by Crippen LogP contribution is 2.19. The Morgan fingerprint density at radius 3 is 2.82 bits per heavy atom. The third kappa shape index (κ3) is 2.84. The van der Waals surface area contributed by atoms with Crippen molar-refractivity contribution in [2.24, 2.45) is 5.73 Å². The van der Waals surface area contributed by atoms with Gasteiger partial charge in [-0.15, -0.1) is 0 Å². The van der Waals surface area contributed by atoms with Gasteiger partial charge < -0.3 is 15.8 Å². The zero-order valence-corrected chi connectivity index (χ0v) is 9.98. The number of nitrogens with two attached hydrogens (primary N) is 1. The van der Waals surface area contributed by atoms with E-state index in [2.05, 4.69) is 5.32 Å². The fourth-order valence-electron chi connectivity index (χ4n) is 1.93. The molecule has 3 N–H and O–H groups in total. The molecule has 17 heavy (non-hydrogen) atoms. The number of carbonyl (C=O) groups is 1. The molecule has 1 aromatic carbocycles. The summed E-state index contributed by atoms with van der Waals surface area (Å²) in [4.78, 5) is 11.9. The first kappa shape index (κ1) is 12.1. The molecule has 4 heteroatoms. The Morgan fingerprint density at radius 1 is 1.47 bits per heavy atom. The molecule has 1 aliphatic heterocycles. The van der Waals surface area contributed by atoms with E-state index in [1.54, 1.807) is 12.1 Å². The predicted molar refractivity (Wildman–Crippen MR) is 65.7 cm³/mol. The number of ether oxygens (including phenoxy) is 1. The molecule has 0 unspecified atom stereocenters. The van der Waals surface area contributed by atoms with E-state index in [4.69, 9.17) is 10.5 Å². The lowest BCUT2D eigenvalue weighted by atomic mass is 9.89. The fraction of sp³-hybridized carbons (Fsp3) is 0.462.